The molecule has 3 rings (SSSR count). The van der Waals surface area contributed by atoms with E-state index in [1.165, 1.54) is 23.1 Å². The summed E-state index contributed by atoms with van der Waals surface area (Å²) in [6.45, 7) is 3.70. The number of fused-ring (bicyclic) bond motifs is 1. The van der Waals surface area contributed by atoms with E-state index in [4.69, 9.17) is 0 Å². The molecule has 0 aliphatic carbocycles. The summed E-state index contributed by atoms with van der Waals surface area (Å²) in [4.78, 5) is 21.4. The van der Waals surface area contributed by atoms with Crippen LogP contribution >= 0.6 is 23.1 Å². The summed E-state index contributed by atoms with van der Waals surface area (Å²) in [5, 5.41) is 2.52. The van der Waals surface area contributed by atoms with E-state index >= 15 is 0 Å². The van der Waals surface area contributed by atoms with Gasteiger partial charge in [0.1, 0.15) is 10.5 Å². The number of thiophene rings is 1. The fraction of sp³-hybridized carbons (Fsp3) is 0.0714. The van der Waals surface area contributed by atoms with Gasteiger partial charge in [-0.05, 0) is 23.6 Å². The smallest absolute Gasteiger partial charge is 0.267 e. The maximum absolute atomic E-state index is 12.6. The summed E-state index contributed by atoms with van der Waals surface area (Å²) >= 11 is 2.87. The van der Waals surface area contributed by atoms with E-state index in [1.807, 2.05) is 23.6 Å². The van der Waals surface area contributed by atoms with Gasteiger partial charge in [0, 0.05) is 11.9 Å². The fourth-order valence-corrected chi connectivity index (χ4v) is 3.31. The van der Waals surface area contributed by atoms with Gasteiger partial charge in [0.2, 0.25) is 0 Å². The number of hydrogen-bond acceptors (Lipinski definition) is 5. The van der Waals surface area contributed by atoms with E-state index in [0.29, 0.717) is 21.4 Å². The molecule has 0 fully saturated rings. The molecule has 0 radical (unpaired) electrons. The van der Waals surface area contributed by atoms with Crippen LogP contribution < -0.4 is 5.56 Å². The Hall–Kier alpha value is -1.92. The maximum atomic E-state index is 12.6. The lowest BCUT2D eigenvalue weighted by atomic mass is 10.4. The molecule has 0 amide bonds. The molecule has 20 heavy (non-hydrogen) atoms. The molecule has 0 aliphatic heterocycles. The highest BCUT2D eigenvalue weighted by molar-refractivity contribution is 7.99. The molecule has 4 nitrogen and oxygen atoms in total. The fourth-order valence-electron chi connectivity index (χ4n) is 1.81. The highest BCUT2D eigenvalue weighted by atomic mass is 32.2. The summed E-state index contributed by atoms with van der Waals surface area (Å²) in [7, 11) is 0. The van der Waals surface area contributed by atoms with Gasteiger partial charge in [0.25, 0.3) is 5.56 Å². The van der Waals surface area contributed by atoms with Crippen LogP contribution in [-0.2, 0) is 0 Å². The van der Waals surface area contributed by atoms with Crippen LogP contribution in [0.3, 0.4) is 0 Å². The van der Waals surface area contributed by atoms with Crippen LogP contribution in [-0.4, -0.2) is 20.3 Å². The van der Waals surface area contributed by atoms with Crippen LogP contribution in [0, 0.1) is 0 Å². The van der Waals surface area contributed by atoms with E-state index in [9.17, 15) is 4.79 Å². The van der Waals surface area contributed by atoms with Crippen LogP contribution in [0.15, 0.2) is 58.4 Å². The zero-order valence-electron chi connectivity index (χ0n) is 10.5. The Labute approximate surface area is 123 Å². The average molecular weight is 301 g/mol. The Kier molecular flexibility index (Phi) is 3.66. The van der Waals surface area contributed by atoms with Crippen LogP contribution in [0.2, 0.25) is 0 Å². The third-order valence-electron chi connectivity index (χ3n) is 2.66. The van der Waals surface area contributed by atoms with E-state index in [-0.39, 0.29) is 5.56 Å². The summed E-state index contributed by atoms with van der Waals surface area (Å²) in [5.41, 5.74) is 0.661. The second-order valence-electron chi connectivity index (χ2n) is 3.96. The van der Waals surface area contributed by atoms with Crippen molar-refractivity contribution in [2.24, 2.45) is 0 Å². The highest BCUT2D eigenvalue weighted by Crippen LogP contribution is 2.22. The van der Waals surface area contributed by atoms with Crippen molar-refractivity contribution >= 4 is 33.3 Å². The molecule has 3 aromatic rings. The minimum Gasteiger partial charge on any atom is -0.267 e. The van der Waals surface area contributed by atoms with Gasteiger partial charge in [-0.15, -0.1) is 17.9 Å². The van der Waals surface area contributed by atoms with Gasteiger partial charge in [-0.1, -0.05) is 23.9 Å². The van der Waals surface area contributed by atoms with Crippen molar-refractivity contribution in [2.45, 2.75) is 5.16 Å². The Morgan fingerprint density at radius 2 is 2.30 bits per heavy atom. The summed E-state index contributed by atoms with van der Waals surface area (Å²) in [5.74, 6) is 1.28. The van der Waals surface area contributed by atoms with Crippen molar-refractivity contribution in [3.63, 3.8) is 0 Å². The van der Waals surface area contributed by atoms with Crippen LogP contribution in [0.1, 0.15) is 0 Å². The molecule has 6 heteroatoms. The zero-order valence-corrected chi connectivity index (χ0v) is 12.2. The van der Waals surface area contributed by atoms with Crippen molar-refractivity contribution in [3.05, 3.63) is 58.9 Å². The minimum absolute atomic E-state index is 0.0738. The second kappa shape index (κ2) is 5.60. The molecule has 0 bridgehead atoms. The van der Waals surface area contributed by atoms with Gasteiger partial charge in [-0.3, -0.25) is 4.79 Å². The molecule has 3 heterocycles. The molecule has 0 aliphatic rings. The molecule has 0 unspecified atom stereocenters. The molecule has 0 atom stereocenters. The molecule has 0 saturated carbocycles. The number of rotatable bonds is 4. The Bertz CT molecular complexity index is 808. The largest absolute Gasteiger partial charge is 0.277 e. The predicted octanol–water partition coefficient (Wildman–Crippen LogP) is 3.12. The Morgan fingerprint density at radius 1 is 1.40 bits per heavy atom. The third-order valence-corrected chi connectivity index (χ3v) is 4.48. The first-order valence-electron chi connectivity index (χ1n) is 5.96. The van der Waals surface area contributed by atoms with E-state index in [2.05, 4.69) is 16.5 Å². The predicted molar refractivity (Wildman–Crippen MR) is 83.9 cm³/mol. The van der Waals surface area contributed by atoms with Crippen LogP contribution in [0.5, 0.6) is 0 Å². The maximum Gasteiger partial charge on any atom is 0.277 e. The molecular formula is C14H11N3OS2. The lowest BCUT2D eigenvalue weighted by Crippen LogP contribution is -2.21. The highest BCUT2D eigenvalue weighted by Gasteiger charge is 2.14. The molecule has 0 aromatic carbocycles. The lowest BCUT2D eigenvalue weighted by molar-refractivity contribution is 0.799. The van der Waals surface area contributed by atoms with Gasteiger partial charge >= 0.3 is 0 Å². The van der Waals surface area contributed by atoms with Crippen molar-refractivity contribution in [1.82, 2.24) is 14.5 Å². The minimum atomic E-state index is -0.0738. The molecule has 0 N–H and O–H groups in total. The Balaban J connectivity index is 2.28. The van der Waals surface area contributed by atoms with Crippen molar-refractivity contribution in [1.29, 1.82) is 0 Å². The SMILES string of the molecule is C=CCSc1nc2ccsc2c(=O)n1-c1ccccn1. The van der Waals surface area contributed by atoms with Crippen molar-refractivity contribution in [2.75, 3.05) is 5.75 Å². The monoisotopic (exact) mass is 301 g/mol. The quantitative estimate of drug-likeness (QED) is 0.422. The van der Waals surface area contributed by atoms with Crippen molar-refractivity contribution < 1.29 is 0 Å². The normalized spacial score (nSPS) is 10.8. The topological polar surface area (TPSA) is 47.8 Å². The standard InChI is InChI=1S/C14H11N3OS2/c1-2-8-20-14-16-10-6-9-19-12(10)13(18)17(14)11-5-3-4-7-15-11/h2-7,9H,1,8H2. The van der Waals surface area contributed by atoms with Gasteiger partial charge in [0.05, 0.1) is 5.52 Å². The summed E-state index contributed by atoms with van der Waals surface area (Å²) < 4.78 is 2.21. The Morgan fingerprint density at radius 3 is 3.05 bits per heavy atom. The summed E-state index contributed by atoms with van der Waals surface area (Å²) in [6, 6.07) is 7.35. The first-order valence-corrected chi connectivity index (χ1v) is 7.83. The van der Waals surface area contributed by atoms with Gasteiger partial charge in [-0.2, -0.15) is 0 Å². The van der Waals surface area contributed by atoms with Gasteiger partial charge in [0.15, 0.2) is 5.16 Å². The van der Waals surface area contributed by atoms with Gasteiger partial charge < -0.3 is 0 Å². The molecule has 3 aromatic heterocycles. The van der Waals surface area contributed by atoms with Gasteiger partial charge in [-0.25, -0.2) is 14.5 Å². The number of nitrogens with zero attached hydrogens (tertiary/aromatic N) is 3. The molecule has 0 saturated heterocycles. The summed E-state index contributed by atoms with van der Waals surface area (Å²) in [6.07, 6.45) is 3.46. The number of pyridine rings is 1. The van der Waals surface area contributed by atoms with E-state index in [1.54, 1.807) is 22.9 Å². The molecule has 0 spiro atoms. The average Bonchev–Trinajstić information content (AvgIpc) is 2.95. The third kappa shape index (κ3) is 2.28. The number of thioether (sulfide) groups is 1. The van der Waals surface area contributed by atoms with Crippen LogP contribution in [0.25, 0.3) is 16.0 Å². The first-order chi connectivity index (χ1) is 9.81. The van der Waals surface area contributed by atoms with Crippen LogP contribution in [0.4, 0.5) is 0 Å². The first kappa shape index (κ1) is 13.1. The molecular weight excluding hydrogens is 290 g/mol. The molecule has 100 valence electrons. The van der Waals surface area contributed by atoms with E-state index < -0.39 is 0 Å². The second-order valence-corrected chi connectivity index (χ2v) is 5.86. The zero-order chi connectivity index (χ0) is 13.9. The number of aromatic nitrogens is 3. The van der Waals surface area contributed by atoms with Crippen molar-refractivity contribution in [3.8, 4) is 5.82 Å². The van der Waals surface area contributed by atoms with E-state index in [0.717, 1.165) is 5.52 Å². The number of hydrogen-bond donors (Lipinski definition) is 0. The lowest BCUT2D eigenvalue weighted by Gasteiger charge is -2.10.